The average Bonchev–Trinajstić information content (AvgIpc) is 2.87. The van der Waals surface area contributed by atoms with Crippen LogP contribution >= 0.6 is 0 Å². The third-order valence-corrected chi connectivity index (χ3v) is 3.77. The molecule has 0 fully saturated rings. The van der Waals surface area contributed by atoms with Gasteiger partial charge in [-0.05, 0) is 47.0 Å². The van der Waals surface area contributed by atoms with Crippen molar-refractivity contribution in [3.8, 4) is 11.4 Å². The standard InChI is InChI=1S/C17H18N4O2/c1-12-7-4-5-9-14(12)11-23-16-13(2)8-6-10-15(16)21-17(22)20(3)18-19-21/h4-10H,11H2,1-3H3. The van der Waals surface area contributed by atoms with E-state index >= 15 is 0 Å². The lowest BCUT2D eigenvalue weighted by Crippen LogP contribution is -2.22. The Hall–Kier alpha value is -2.89. The highest BCUT2D eigenvalue weighted by molar-refractivity contribution is 5.50. The van der Waals surface area contributed by atoms with Gasteiger partial charge in [-0.2, -0.15) is 9.36 Å². The lowest BCUT2D eigenvalue weighted by molar-refractivity contribution is 0.301. The van der Waals surface area contributed by atoms with Crippen molar-refractivity contribution in [1.82, 2.24) is 19.8 Å². The fraction of sp³-hybridized carbons (Fsp3) is 0.235. The molecule has 0 N–H and O–H groups in total. The summed E-state index contributed by atoms with van der Waals surface area (Å²) in [7, 11) is 1.56. The third-order valence-electron chi connectivity index (χ3n) is 3.77. The van der Waals surface area contributed by atoms with Crippen LogP contribution in [-0.2, 0) is 13.7 Å². The molecule has 0 aliphatic carbocycles. The van der Waals surface area contributed by atoms with Crippen LogP contribution in [0.2, 0.25) is 0 Å². The van der Waals surface area contributed by atoms with Crippen LogP contribution in [0.25, 0.3) is 5.69 Å². The molecule has 0 aliphatic rings. The Bertz CT molecular complexity index is 896. The first kappa shape index (κ1) is 15.0. The van der Waals surface area contributed by atoms with E-state index in [9.17, 15) is 4.79 Å². The number of aryl methyl sites for hydroxylation is 3. The fourth-order valence-electron chi connectivity index (χ4n) is 2.38. The van der Waals surface area contributed by atoms with Crippen LogP contribution in [0.4, 0.5) is 0 Å². The zero-order valence-corrected chi connectivity index (χ0v) is 13.4. The summed E-state index contributed by atoms with van der Waals surface area (Å²) in [5.41, 5.74) is 3.49. The van der Waals surface area contributed by atoms with Crippen molar-refractivity contribution in [2.24, 2.45) is 7.05 Å². The van der Waals surface area contributed by atoms with Gasteiger partial charge in [-0.1, -0.05) is 36.4 Å². The molecule has 0 bridgehead atoms. The maximum atomic E-state index is 12.1. The lowest BCUT2D eigenvalue weighted by Gasteiger charge is -2.14. The molecule has 6 nitrogen and oxygen atoms in total. The Labute approximate surface area is 133 Å². The summed E-state index contributed by atoms with van der Waals surface area (Å²) in [6.45, 7) is 4.42. The van der Waals surface area contributed by atoms with Gasteiger partial charge in [-0.3, -0.25) is 0 Å². The quantitative estimate of drug-likeness (QED) is 0.741. The van der Waals surface area contributed by atoms with E-state index in [4.69, 9.17) is 4.74 Å². The van der Waals surface area contributed by atoms with Gasteiger partial charge in [-0.25, -0.2) is 4.79 Å². The molecule has 0 atom stereocenters. The zero-order chi connectivity index (χ0) is 16.4. The van der Waals surface area contributed by atoms with E-state index in [2.05, 4.69) is 10.4 Å². The van der Waals surface area contributed by atoms with Crippen molar-refractivity contribution < 1.29 is 4.74 Å². The first-order valence-corrected chi connectivity index (χ1v) is 7.34. The smallest absolute Gasteiger partial charge is 0.368 e. The minimum Gasteiger partial charge on any atom is -0.486 e. The normalized spacial score (nSPS) is 10.7. The molecule has 1 aromatic heterocycles. The zero-order valence-electron chi connectivity index (χ0n) is 13.4. The Balaban J connectivity index is 1.98. The number of nitrogens with zero attached hydrogens (tertiary/aromatic N) is 4. The second kappa shape index (κ2) is 6.08. The minimum atomic E-state index is -0.309. The van der Waals surface area contributed by atoms with Crippen molar-refractivity contribution >= 4 is 0 Å². The largest absolute Gasteiger partial charge is 0.486 e. The number of hydrogen-bond acceptors (Lipinski definition) is 4. The highest BCUT2D eigenvalue weighted by Crippen LogP contribution is 2.26. The van der Waals surface area contributed by atoms with Gasteiger partial charge in [-0.15, -0.1) is 0 Å². The van der Waals surface area contributed by atoms with Gasteiger partial charge in [0.15, 0.2) is 0 Å². The summed E-state index contributed by atoms with van der Waals surface area (Å²) in [6.07, 6.45) is 0. The van der Waals surface area contributed by atoms with Crippen LogP contribution in [0.5, 0.6) is 5.75 Å². The lowest BCUT2D eigenvalue weighted by atomic mass is 10.1. The molecule has 0 aliphatic heterocycles. The fourth-order valence-corrected chi connectivity index (χ4v) is 2.38. The molecule has 0 saturated heterocycles. The van der Waals surface area contributed by atoms with Gasteiger partial charge >= 0.3 is 5.69 Å². The molecule has 0 spiro atoms. The second-order valence-electron chi connectivity index (χ2n) is 5.44. The van der Waals surface area contributed by atoms with E-state index in [1.54, 1.807) is 13.1 Å². The molecule has 118 valence electrons. The van der Waals surface area contributed by atoms with Gasteiger partial charge in [0.05, 0.1) is 0 Å². The number of aromatic nitrogens is 4. The summed E-state index contributed by atoms with van der Waals surface area (Å²) in [5.74, 6) is 0.637. The van der Waals surface area contributed by atoms with Gasteiger partial charge in [0.1, 0.15) is 18.0 Å². The molecule has 2 aromatic carbocycles. The minimum absolute atomic E-state index is 0.309. The van der Waals surface area contributed by atoms with Crippen LogP contribution in [0.1, 0.15) is 16.7 Å². The first-order chi connectivity index (χ1) is 11.1. The third kappa shape index (κ3) is 2.88. The number of benzene rings is 2. The molecule has 0 unspecified atom stereocenters. The van der Waals surface area contributed by atoms with Crippen molar-refractivity contribution in [2.75, 3.05) is 0 Å². The second-order valence-corrected chi connectivity index (χ2v) is 5.44. The maximum absolute atomic E-state index is 12.1. The van der Waals surface area contributed by atoms with E-state index in [1.807, 2.05) is 50.2 Å². The van der Waals surface area contributed by atoms with Crippen molar-refractivity contribution in [3.05, 3.63) is 69.6 Å². The maximum Gasteiger partial charge on any atom is 0.368 e. The van der Waals surface area contributed by atoms with Crippen molar-refractivity contribution in [3.63, 3.8) is 0 Å². The molecule has 3 rings (SSSR count). The predicted octanol–water partition coefficient (Wildman–Crippen LogP) is 2.16. The van der Waals surface area contributed by atoms with E-state index in [0.29, 0.717) is 18.0 Å². The Kier molecular flexibility index (Phi) is 3.97. The van der Waals surface area contributed by atoms with Crippen LogP contribution in [0, 0.1) is 13.8 Å². The molecule has 0 amide bonds. The summed E-state index contributed by atoms with van der Waals surface area (Å²) < 4.78 is 8.45. The molecule has 23 heavy (non-hydrogen) atoms. The predicted molar refractivity (Wildman–Crippen MR) is 86.8 cm³/mol. The Morgan fingerprint density at radius 1 is 1.00 bits per heavy atom. The molecule has 0 radical (unpaired) electrons. The Morgan fingerprint density at radius 2 is 1.74 bits per heavy atom. The van der Waals surface area contributed by atoms with Crippen molar-refractivity contribution in [1.29, 1.82) is 0 Å². The van der Waals surface area contributed by atoms with Crippen LogP contribution in [0.15, 0.2) is 47.3 Å². The SMILES string of the molecule is Cc1ccccc1COc1c(C)cccc1-n1nnn(C)c1=O. The van der Waals surface area contributed by atoms with E-state index in [0.717, 1.165) is 11.1 Å². The van der Waals surface area contributed by atoms with Crippen molar-refractivity contribution in [2.45, 2.75) is 20.5 Å². The molecule has 1 heterocycles. The molecule has 6 heteroatoms. The van der Waals surface area contributed by atoms with E-state index < -0.39 is 0 Å². The molecular weight excluding hydrogens is 292 g/mol. The van der Waals surface area contributed by atoms with Crippen LogP contribution in [0.3, 0.4) is 0 Å². The van der Waals surface area contributed by atoms with Gasteiger partial charge in [0, 0.05) is 7.05 Å². The van der Waals surface area contributed by atoms with E-state index in [-0.39, 0.29) is 5.69 Å². The number of tetrazole rings is 1. The summed E-state index contributed by atoms with van der Waals surface area (Å²) in [5, 5.41) is 7.65. The highest BCUT2D eigenvalue weighted by Gasteiger charge is 2.14. The number of rotatable bonds is 4. The van der Waals surface area contributed by atoms with Gasteiger partial charge in [0.2, 0.25) is 0 Å². The Morgan fingerprint density at radius 3 is 2.43 bits per heavy atom. The monoisotopic (exact) mass is 310 g/mol. The van der Waals surface area contributed by atoms with E-state index in [1.165, 1.54) is 14.9 Å². The molecular formula is C17H18N4O2. The van der Waals surface area contributed by atoms with Crippen LogP contribution < -0.4 is 10.4 Å². The summed E-state index contributed by atoms with van der Waals surface area (Å²) in [4.78, 5) is 12.1. The number of ether oxygens (including phenoxy) is 1. The number of hydrogen-bond donors (Lipinski definition) is 0. The molecule has 3 aromatic rings. The number of para-hydroxylation sites is 1. The first-order valence-electron chi connectivity index (χ1n) is 7.34. The summed E-state index contributed by atoms with van der Waals surface area (Å²) in [6, 6.07) is 13.7. The molecule has 0 saturated carbocycles. The van der Waals surface area contributed by atoms with Gasteiger partial charge in [0.25, 0.3) is 0 Å². The average molecular weight is 310 g/mol. The van der Waals surface area contributed by atoms with Gasteiger partial charge < -0.3 is 4.74 Å². The topological polar surface area (TPSA) is 61.9 Å². The summed E-state index contributed by atoms with van der Waals surface area (Å²) >= 11 is 0. The van der Waals surface area contributed by atoms with Crippen LogP contribution in [-0.4, -0.2) is 19.8 Å². The highest BCUT2D eigenvalue weighted by atomic mass is 16.5.